The Morgan fingerprint density at radius 3 is 2.37 bits per heavy atom. The second-order valence-electron chi connectivity index (χ2n) is 11.0. The Balaban J connectivity index is 1.53. The number of nitrogens with zero attached hydrogens (tertiary/aromatic N) is 1. The zero-order chi connectivity index (χ0) is 29.6. The monoisotopic (exact) mass is 591 g/mol. The quantitative estimate of drug-likeness (QED) is 0.317. The maximum atomic E-state index is 13.6. The van der Waals surface area contributed by atoms with Crippen molar-refractivity contribution < 1.29 is 37.3 Å². The van der Waals surface area contributed by atoms with Gasteiger partial charge in [-0.25, -0.2) is 13.2 Å². The van der Waals surface area contributed by atoms with Crippen LogP contribution in [0, 0.1) is 11.8 Å². The molecule has 4 N–H and O–H groups in total. The summed E-state index contributed by atoms with van der Waals surface area (Å²) in [4.78, 5) is 13.2. The Kier molecular flexibility index (Phi) is 10.5. The summed E-state index contributed by atoms with van der Waals surface area (Å²) in [6.07, 6.45) is -1.18. The number of aliphatic hydroxyl groups is 1. The number of rotatable bonds is 12. The first-order chi connectivity index (χ1) is 19.6. The number of nitrogen functional groups attached to an aromatic ring is 1. The van der Waals surface area contributed by atoms with Gasteiger partial charge in [-0.1, -0.05) is 26.0 Å². The van der Waals surface area contributed by atoms with Crippen molar-refractivity contribution in [1.82, 2.24) is 9.62 Å². The van der Waals surface area contributed by atoms with E-state index in [9.17, 15) is 18.3 Å². The Bertz CT molecular complexity index is 1240. The van der Waals surface area contributed by atoms with Crippen LogP contribution in [0.3, 0.4) is 0 Å². The normalized spacial score (nSPS) is 22.2. The number of amides is 1. The predicted octanol–water partition coefficient (Wildman–Crippen LogP) is 2.77. The summed E-state index contributed by atoms with van der Waals surface area (Å²) in [5.41, 5.74) is 7.03. The highest BCUT2D eigenvalue weighted by molar-refractivity contribution is 7.89. The number of carbonyl (C=O) groups excluding carboxylic acids is 1. The molecule has 2 aromatic rings. The highest BCUT2D eigenvalue weighted by atomic mass is 32.2. The Hall–Kier alpha value is -2.90. The van der Waals surface area contributed by atoms with Gasteiger partial charge in [-0.15, -0.1) is 0 Å². The molecule has 2 fully saturated rings. The Labute approximate surface area is 242 Å². The minimum atomic E-state index is -3.95. The summed E-state index contributed by atoms with van der Waals surface area (Å²) in [5, 5.41) is 14.3. The first-order valence-electron chi connectivity index (χ1n) is 13.9. The van der Waals surface area contributed by atoms with Crippen LogP contribution in [0.4, 0.5) is 10.5 Å². The lowest BCUT2D eigenvalue weighted by Crippen LogP contribution is -2.52. The predicted molar refractivity (Wildman–Crippen MR) is 153 cm³/mol. The van der Waals surface area contributed by atoms with E-state index in [-0.39, 0.29) is 48.6 Å². The van der Waals surface area contributed by atoms with Crippen molar-refractivity contribution in [2.75, 3.05) is 39.1 Å². The van der Waals surface area contributed by atoms with E-state index in [1.165, 1.54) is 28.6 Å². The van der Waals surface area contributed by atoms with E-state index in [0.717, 1.165) is 12.0 Å². The Morgan fingerprint density at radius 1 is 1.07 bits per heavy atom. The molecule has 41 heavy (non-hydrogen) atoms. The SMILES string of the molecule is COc1ccc(C[C@H](NC(=O)O[C@H]2CCO[C@H]3OCC[C@H]32)[C@H](O)CN(CC(C)C)S(=O)(=O)c2ccc(N)cc2)cc1. The molecule has 2 aromatic carbocycles. The smallest absolute Gasteiger partial charge is 0.407 e. The first-order valence-corrected chi connectivity index (χ1v) is 15.4. The molecule has 0 bridgehead atoms. The molecule has 1 amide bonds. The third-order valence-electron chi connectivity index (χ3n) is 7.36. The lowest BCUT2D eigenvalue weighted by atomic mass is 9.95. The molecule has 0 unspecified atom stereocenters. The number of anilines is 1. The molecule has 0 spiro atoms. The first kappa shape index (κ1) is 31.0. The third-order valence-corrected chi connectivity index (χ3v) is 9.21. The van der Waals surface area contributed by atoms with Crippen LogP contribution in [0.15, 0.2) is 53.4 Å². The van der Waals surface area contributed by atoms with Crippen LogP contribution in [-0.4, -0.2) is 81.9 Å². The largest absolute Gasteiger partial charge is 0.497 e. The van der Waals surface area contributed by atoms with E-state index in [2.05, 4.69) is 5.32 Å². The number of methoxy groups -OCH3 is 1. The van der Waals surface area contributed by atoms with Crippen molar-refractivity contribution in [1.29, 1.82) is 0 Å². The van der Waals surface area contributed by atoms with Gasteiger partial charge in [0.05, 0.1) is 37.4 Å². The van der Waals surface area contributed by atoms with Gasteiger partial charge in [0.1, 0.15) is 11.9 Å². The third kappa shape index (κ3) is 8.10. The van der Waals surface area contributed by atoms with Gasteiger partial charge in [-0.05, 0) is 60.7 Å². The van der Waals surface area contributed by atoms with Crippen molar-refractivity contribution >= 4 is 21.8 Å². The van der Waals surface area contributed by atoms with E-state index in [0.29, 0.717) is 31.1 Å². The fourth-order valence-corrected chi connectivity index (χ4v) is 6.82. The van der Waals surface area contributed by atoms with E-state index in [1.54, 1.807) is 19.2 Å². The number of alkyl carbamates (subject to hydrolysis) is 1. The maximum absolute atomic E-state index is 13.6. The molecule has 5 atom stereocenters. The second kappa shape index (κ2) is 13.8. The lowest BCUT2D eigenvalue weighted by Gasteiger charge is -2.33. The molecule has 0 radical (unpaired) electrons. The highest BCUT2D eigenvalue weighted by Gasteiger charge is 2.41. The molecule has 0 aliphatic carbocycles. The molecule has 2 aliphatic rings. The molecule has 2 heterocycles. The van der Waals surface area contributed by atoms with Crippen LogP contribution < -0.4 is 15.8 Å². The van der Waals surface area contributed by atoms with Gasteiger partial charge < -0.3 is 35.1 Å². The molecule has 12 heteroatoms. The number of fused-ring (bicyclic) bond motifs is 1. The average Bonchev–Trinajstić information content (AvgIpc) is 3.43. The van der Waals surface area contributed by atoms with E-state index >= 15 is 0 Å². The minimum Gasteiger partial charge on any atom is -0.497 e. The van der Waals surface area contributed by atoms with Crippen LogP contribution in [-0.2, 0) is 30.7 Å². The fraction of sp³-hybridized carbons (Fsp3) is 0.552. The highest BCUT2D eigenvalue weighted by Crippen LogP contribution is 2.32. The van der Waals surface area contributed by atoms with E-state index in [4.69, 9.17) is 24.7 Å². The average molecular weight is 592 g/mol. The minimum absolute atomic E-state index is 0.0150. The molecular formula is C29H41N3O8S. The van der Waals surface area contributed by atoms with Crippen molar-refractivity contribution in [3.8, 4) is 5.75 Å². The number of carbonyl (C=O) groups is 1. The summed E-state index contributed by atoms with van der Waals surface area (Å²) in [5.74, 6) is 0.605. The summed E-state index contributed by atoms with van der Waals surface area (Å²) in [6, 6.07) is 12.3. The van der Waals surface area contributed by atoms with Crippen molar-refractivity contribution in [3.63, 3.8) is 0 Å². The summed E-state index contributed by atoms with van der Waals surface area (Å²) < 4.78 is 50.7. The number of benzene rings is 2. The van der Waals surface area contributed by atoms with Crippen molar-refractivity contribution in [2.24, 2.45) is 11.8 Å². The van der Waals surface area contributed by atoms with Crippen LogP contribution in [0.2, 0.25) is 0 Å². The molecule has 11 nitrogen and oxygen atoms in total. The number of nitrogens with two attached hydrogens (primary N) is 1. The van der Waals surface area contributed by atoms with Gasteiger partial charge in [-0.2, -0.15) is 4.31 Å². The van der Waals surface area contributed by atoms with Gasteiger partial charge in [0.25, 0.3) is 0 Å². The fourth-order valence-electron chi connectivity index (χ4n) is 5.20. The lowest BCUT2D eigenvalue weighted by molar-refractivity contribution is -0.179. The van der Waals surface area contributed by atoms with Crippen molar-refractivity contribution in [2.45, 2.75) is 62.5 Å². The number of aliphatic hydroxyl groups excluding tert-OH is 1. The van der Waals surface area contributed by atoms with E-state index < -0.39 is 28.3 Å². The van der Waals surface area contributed by atoms with Crippen molar-refractivity contribution in [3.05, 3.63) is 54.1 Å². The van der Waals surface area contributed by atoms with Gasteiger partial charge in [0.15, 0.2) is 6.29 Å². The molecular weight excluding hydrogens is 550 g/mol. The van der Waals surface area contributed by atoms with Gasteiger partial charge in [0, 0.05) is 31.1 Å². The molecule has 2 aliphatic heterocycles. The number of hydrogen-bond donors (Lipinski definition) is 3. The zero-order valence-corrected chi connectivity index (χ0v) is 24.6. The molecule has 226 valence electrons. The van der Waals surface area contributed by atoms with Crippen LogP contribution >= 0.6 is 0 Å². The topological polar surface area (TPSA) is 150 Å². The van der Waals surface area contributed by atoms with Gasteiger partial charge in [0.2, 0.25) is 10.0 Å². The molecule has 4 rings (SSSR count). The molecule has 0 saturated carbocycles. The van der Waals surface area contributed by atoms with Crippen LogP contribution in [0.5, 0.6) is 5.75 Å². The van der Waals surface area contributed by atoms with Crippen LogP contribution in [0.1, 0.15) is 32.3 Å². The van der Waals surface area contributed by atoms with Gasteiger partial charge >= 0.3 is 6.09 Å². The second-order valence-corrected chi connectivity index (χ2v) is 12.9. The standard InChI is InChI=1S/C29H41N3O8S/c1-19(2)17-32(41(35,36)23-10-6-21(30)7-11-23)18-26(33)25(16-20-4-8-22(37-3)9-5-20)31-29(34)40-27-13-15-39-28-24(27)12-14-38-28/h4-11,19,24-28,33H,12-18,30H2,1-3H3,(H,31,34)/t24-,25-,26+,27-,28+/m0/s1. The summed E-state index contributed by atoms with van der Waals surface area (Å²) >= 11 is 0. The van der Waals surface area contributed by atoms with E-state index in [1.807, 2.05) is 26.0 Å². The maximum Gasteiger partial charge on any atom is 0.407 e. The molecule has 2 saturated heterocycles. The number of sulfonamides is 1. The van der Waals surface area contributed by atoms with Crippen LogP contribution in [0.25, 0.3) is 0 Å². The van der Waals surface area contributed by atoms with Gasteiger partial charge in [-0.3, -0.25) is 0 Å². The summed E-state index contributed by atoms with van der Waals surface area (Å²) in [7, 11) is -2.39. The zero-order valence-electron chi connectivity index (χ0n) is 23.8. The summed E-state index contributed by atoms with van der Waals surface area (Å²) in [6.45, 7) is 4.71. The number of ether oxygens (including phenoxy) is 4. The molecule has 0 aromatic heterocycles. The number of nitrogens with one attached hydrogen (secondary N) is 1. The number of hydrogen-bond acceptors (Lipinski definition) is 9. The Morgan fingerprint density at radius 2 is 1.73 bits per heavy atom.